The Morgan fingerprint density at radius 1 is 1.32 bits per heavy atom. The number of hydrogen-bond acceptors (Lipinski definition) is 6. The van der Waals surface area contributed by atoms with Crippen LogP contribution in [0.5, 0.6) is 5.75 Å². The Bertz CT molecular complexity index is 775. The van der Waals surface area contributed by atoms with Crippen molar-refractivity contribution >= 4 is 28.5 Å². The Morgan fingerprint density at radius 2 is 2.08 bits per heavy atom. The number of benzene rings is 1. The lowest BCUT2D eigenvalue weighted by molar-refractivity contribution is -0.112. The van der Waals surface area contributed by atoms with Crippen LogP contribution in [0, 0.1) is 11.3 Å². The zero-order valence-corrected chi connectivity index (χ0v) is 15.1. The first kappa shape index (κ1) is 18.6. The van der Waals surface area contributed by atoms with Crippen LogP contribution in [-0.4, -0.2) is 22.7 Å². The van der Waals surface area contributed by atoms with Gasteiger partial charge in [-0.25, -0.2) is 0 Å². The second kappa shape index (κ2) is 9.55. The molecule has 0 fully saturated rings. The average molecular weight is 356 g/mol. The second-order valence-corrected chi connectivity index (χ2v) is 6.31. The number of carbonyl (C=O) groups excluding carboxylic acids is 1. The Labute approximate surface area is 151 Å². The lowest BCUT2D eigenvalue weighted by Gasteiger charge is -2.05. The molecule has 0 bridgehead atoms. The van der Waals surface area contributed by atoms with E-state index in [2.05, 4.69) is 22.4 Å². The van der Waals surface area contributed by atoms with Crippen LogP contribution in [-0.2, 0) is 11.2 Å². The molecular formula is C18H20N4O2S. The molecule has 7 heteroatoms. The molecule has 0 aliphatic heterocycles. The second-order valence-electron chi connectivity index (χ2n) is 5.25. The van der Waals surface area contributed by atoms with Crippen LogP contribution in [0.4, 0.5) is 5.13 Å². The van der Waals surface area contributed by atoms with E-state index in [-0.39, 0.29) is 5.57 Å². The average Bonchev–Trinajstić information content (AvgIpc) is 3.08. The minimum atomic E-state index is -0.496. The molecule has 1 N–H and O–H groups in total. The molecular weight excluding hydrogens is 336 g/mol. The van der Waals surface area contributed by atoms with Gasteiger partial charge in [-0.3, -0.25) is 10.1 Å². The molecule has 25 heavy (non-hydrogen) atoms. The van der Waals surface area contributed by atoms with Crippen molar-refractivity contribution in [1.82, 2.24) is 10.2 Å². The summed E-state index contributed by atoms with van der Waals surface area (Å²) in [4.78, 5) is 12.2. The lowest BCUT2D eigenvalue weighted by Crippen LogP contribution is -2.13. The fraction of sp³-hybridized carbons (Fsp3) is 0.333. The van der Waals surface area contributed by atoms with E-state index in [4.69, 9.17) is 4.74 Å². The van der Waals surface area contributed by atoms with Crippen molar-refractivity contribution in [2.24, 2.45) is 0 Å². The van der Waals surface area contributed by atoms with Gasteiger partial charge in [-0.05, 0) is 36.6 Å². The first-order chi connectivity index (χ1) is 12.2. The number of nitriles is 1. The van der Waals surface area contributed by atoms with E-state index < -0.39 is 5.91 Å². The predicted octanol–water partition coefficient (Wildman–Crippen LogP) is 3.83. The number of unbranched alkanes of at least 4 members (excludes halogenated alkanes) is 1. The van der Waals surface area contributed by atoms with Crippen LogP contribution in [0.15, 0.2) is 29.8 Å². The number of ether oxygens (including phenoxy) is 1. The molecule has 0 aliphatic carbocycles. The highest BCUT2D eigenvalue weighted by molar-refractivity contribution is 7.15. The quantitative estimate of drug-likeness (QED) is 0.441. The molecule has 0 saturated heterocycles. The van der Waals surface area contributed by atoms with Gasteiger partial charge in [0.25, 0.3) is 5.91 Å². The summed E-state index contributed by atoms with van der Waals surface area (Å²) in [7, 11) is 0. The number of anilines is 1. The van der Waals surface area contributed by atoms with E-state index in [1.54, 1.807) is 0 Å². The molecule has 0 radical (unpaired) electrons. The molecule has 2 aromatic rings. The van der Waals surface area contributed by atoms with Gasteiger partial charge >= 0.3 is 0 Å². The fourth-order valence-corrected chi connectivity index (χ4v) is 2.60. The molecule has 1 aromatic carbocycles. The third-order valence-electron chi connectivity index (χ3n) is 3.31. The molecule has 0 spiro atoms. The van der Waals surface area contributed by atoms with Crippen molar-refractivity contribution in [1.29, 1.82) is 5.26 Å². The maximum atomic E-state index is 12.2. The summed E-state index contributed by atoms with van der Waals surface area (Å²) in [6, 6.07) is 9.20. The molecule has 1 heterocycles. The van der Waals surface area contributed by atoms with Crippen LogP contribution in [0.2, 0.25) is 0 Å². The van der Waals surface area contributed by atoms with Crippen LogP contribution in [0.3, 0.4) is 0 Å². The molecule has 0 atom stereocenters. The van der Waals surface area contributed by atoms with Gasteiger partial charge in [-0.1, -0.05) is 43.7 Å². The van der Waals surface area contributed by atoms with Crippen molar-refractivity contribution in [3.8, 4) is 11.8 Å². The first-order valence-electron chi connectivity index (χ1n) is 8.14. The van der Waals surface area contributed by atoms with Gasteiger partial charge < -0.3 is 4.74 Å². The molecule has 130 valence electrons. The number of aryl methyl sites for hydroxylation is 1. The first-order valence-corrected chi connectivity index (χ1v) is 8.96. The van der Waals surface area contributed by atoms with Crippen LogP contribution in [0.1, 0.15) is 37.3 Å². The van der Waals surface area contributed by atoms with Crippen molar-refractivity contribution in [2.45, 2.75) is 33.1 Å². The van der Waals surface area contributed by atoms with Gasteiger partial charge in [0.05, 0.1) is 6.61 Å². The Hall–Kier alpha value is -2.72. The summed E-state index contributed by atoms with van der Waals surface area (Å²) >= 11 is 1.30. The SMILES string of the molecule is CCCCOc1ccc(/C=C(\C#N)C(=O)Nc2nnc(CC)s2)cc1. The van der Waals surface area contributed by atoms with Crippen molar-refractivity contribution in [2.75, 3.05) is 11.9 Å². The Morgan fingerprint density at radius 3 is 2.68 bits per heavy atom. The van der Waals surface area contributed by atoms with E-state index in [1.165, 1.54) is 17.4 Å². The van der Waals surface area contributed by atoms with E-state index in [0.29, 0.717) is 11.7 Å². The minimum absolute atomic E-state index is 0.00731. The standard InChI is InChI=1S/C18H20N4O2S/c1-3-5-10-24-15-8-6-13(7-9-15)11-14(12-19)17(23)20-18-22-21-16(4-2)25-18/h6-9,11H,3-5,10H2,1-2H3,(H,20,22,23)/b14-11+. The third kappa shape index (κ3) is 5.69. The molecule has 0 aliphatic rings. The summed E-state index contributed by atoms with van der Waals surface area (Å²) in [6.07, 6.45) is 4.37. The topological polar surface area (TPSA) is 87.9 Å². The van der Waals surface area contributed by atoms with Crippen LogP contribution >= 0.6 is 11.3 Å². The van der Waals surface area contributed by atoms with Crippen molar-refractivity contribution in [3.63, 3.8) is 0 Å². The molecule has 0 saturated carbocycles. The maximum absolute atomic E-state index is 12.2. The number of nitrogens with one attached hydrogen (secondary N) is 1. The van der Waals surface area contributed by atoms with Gasteiger partial charge in [0.2, 0.25) is 5.13 Å². The number of nitrogens with zero attached hydrogens (tertiary/aromatic N) is 3. The van der Waals surface area contributed by atoms with E-state index in [0.717, 1.165) is 35.6 Å². The van der Waals surface area contributed by atoms with Crippen LogP contribution < -0.4 is 10.1 Å². The number of carbonyl (C=O) groups is 1. The predicted molar refractivity (Wildman–Crippen MR) is 98.4 cm³/mol. The molecule has 0 unspecified atom stereocenters. The summed E-state index contributed by atoms with van der Waals surface area (Å²) < 4.78 is 5.59. The highest BCUT2D eigenvalue weighted by atomic mass is 32.1. The fourth-order valence-electron chi connectivity index (χ4n) is 1.92. The molecule has 1 amide bonds. The summed E-state index contributed by atoms with van der Waals surface area (Å²) in [6.45, 7) is 4.75. The van der Waals surface area contributed by atoms with Gasteiger partial charge in [-0.15, -0.1) is 10.2 Å². The van der Waals surface area contributed by atoms with Gasteiger partial charge in [0.1, 0.15) is 22.4 Å². The monoisotopic (exact) mass is 356 g/mol. The Kier molecular flexibility index (Phi) is 7.11. The molecule has 2 rings (SSSR count). The Balaban J connectivity index is 2.03. The van der Waals surface area contributed by atoms with Gasteiger partial charge in [0, 0.05) is 0 Å². The normalized spacial score (nSPS) is 11.0. The van der Waals surface area contributed by atoms with Crippen molar-refractivity contribution < 1.29 is 9.53 Å². The van der Waals surface area contributed by atoms with Crippen molar-refractivity contribution in [3.05, 3.63) is 40.4 Å². The summed E-state index contributed by atoms with van der Waals surface area (Å²) in [5.74, 6) is 0.277. The van der Waals surface area contributed by atoms with Crippen LogP contribution in [0.25, 0.3) is 6.08 Å². The van der Waals surface area contributed by atoms with E-state index >= 15 is 0 Å². The minimum Gasteiger partial charge on any atom is -0.494 e. The third-order valence-corrected chi connectivity index (χ3v) is 4.30. The lowest BCUT2D eigenvalue weighted by atomic mass is 10.1. The van der Waals surface area contributed by atoms with E-state index in [9.17, 15) is 10.1 Å². The molecule has 6 nitrogen and oxygen atoms in total. The smallest absolute Gasteiger partial charge is 0.268 e. The van der Waals surface area contributed by atoms with E-state index in [1.807, 2.05) is 37.3 Å². The largest absolute Gasteiger partial charge is 0.494 e. The zero-order valence-electron chi connectivity index (χ0n) is 14.3. The molecule has 1 aromatic heterocycles. The number of amides is 1. The highest BCUT2D eigenvalue weighted by Gasteiger charge is 2.12. The van der Waals surface area contributed by atoms with Gasteiger partial charge in [-0.2, -0.15) is 5.26 Å². The number of hydrogen-bond donors (Lipinski definition) is 1. The summed E-state index contributed by atoms with van der Waals surface area (Å²) in [5, 5.41) is 20.9. The maximum Gasteiger partial charge on any atom is 0.268 e. The number of rotatable bonds is 8. The van der Waals surface area contributed by atoms with Gasteiger partial charge in [0.15, 0.2) is 0 Å². The summed E-state index contributed by atoms with van der Waals surface area (Å²) in [5.41, 5.74) is 0.758. The number of aromatic nitrogens is 2. The zero-order chi connectivity index (χ0) is 18.1. The highest BCUT2D eigenvalue weighted by Crippen LogP contribution is 2.18.